The van der Waals surface area contributed by atoms with Gasteiger partial charge in [-0.3, -0.25) is 4.79 Å². The van der Waals surface area contributed by atoms with Gasteiger partial charge in [-0.1, -0.05) is 12.1 Å². The molecule has 0 spiro atoms. The first kappa shape index (κ1) is 12.6. The quantitative estimate of drug-likeness (QED) is 0.894. The lowest BCUT2D eigenvalue weighted by Gasteiger charge is -2.36. The molecular formula is C14H17N3OS. The zero-order valence-corrected chi connectivity index (χ0v) is 11.5. The van der Waals surface area contributed by atoms with Gasteiger partial charge in [-0.2, -0.15) is 0 Å². The van der Waals surface area contributed by atoms with Crippen LogP contribution in [0.3, 0.4) is 0 Å². The third kappa shape index (κ3) is 2.48. The van der Waals surface area contributed by atoms with E-state index in [0.29, 0.717) is 6.54 Å². The van der Waals surface area contributed by atoms with Crippen LogP contribution < -0.4 is 11.1 Å². The topological polar surface area (TPSA) is 68.0 Å². The molecule has 0 unspecified atom stereocenters. The molecule has 2 aromatic rings. The summed E-state index contributed by atoms with van der Waals surface area (Å²) in [4.78, 5) is 16.4. The van der Waals surface area contributed by atoms with Crippen LogP contribution in [0.4, 0.5) is 0 Å². The third-order valence-electron chi connectivity index (χ3n) is 3.66. The second kappa shape index (κ2) is 4.90. The Morgan fingerprint density at radius 3 is 2.89 bits per heavy atom. The van der Waals surface area contributed by atoms with Gasteiger partial charge < -0.3 is 11.1 Å². The smallest absolute Gasteiger partial charge is 0.240 e. The monoisotopic (exact) mass is 275 g/mol. The number of rotatable bonds is 4. The summed E-state index contributed by atoms with van der Waals surface area (Å²) >= 11 is 1.68. The van der Waals surface area contributed by atoms with Crippen LogP contribution in [0.25, 0.3) is 10.2 Å². The molecule has 3 rings (SSSR count). The number of amides is 1. The average molecular weight is 275 g/mol. The van der Waals surface area contributed by atoms with Crippen molar-refractivity contribution in [2.75, 3.05) is 6.54 Å². The molecule has 1 amide bonds. The third-order valence-corrected chi connectivity index (χ3v) is 4.76. The van der Waals surface area contributed by atoms with Crippen LogP contribution in [-0.2, 0) is 11.2 Å². The molecule has 0 radical (unpaired) electrons. The molecule has 1 fully saturated rings. The van der Waals surface area contributed by atoms with Gasteiger partial charge in [-0.25, -0.2) is 4.98 Å². The van der Waals surface area contributed by atoms with E-state index in [4.69, 9.17) is 5.73 Å². The Hall–Kier alpha value is -1.46. The van der Waals surface area contributed by atoms with Crippen molar-refractivity contribution in [1.82, 2.24) is 10.3 Å². The Bertz CT molecular complexity index is 571. The Kier molecular flexibility index (Phi) is 3.24. The van der Waals surface area contributed by atoms with E-state index in [1.54, 1.807) is 11.3 Å². The number of nitrogens with two attached hydrogens (primary N) is 1. The van der Waals surface area contributed by atoms with Gasteiger partial charge in [0.05, 0.1) is 20.8 Å². The maximum Gasteiger partial charge on any atom is 0.240 e. The van der Waals surface area contributed by atoms with Gasteiger partial charge in [-0.15, -0.1) is 11.3 Å². The van der Waals surface area contributed by atoms with E-state index in [1.807, 2.05) is 18.2 Å². The van der Waals surface area contributed by atoms with Gasteiger partial charge in [0.1, 0.15) is 0 Å². The van der Waals surface area contributed by atoms with Crippen LogP contribution in [0, 0.1) is 0 Å². The number of nitrogens with zero attached hydrogens (tertiary/aromatic N) is 1. The Morgan fingerprint density at radius 2 is 2.21 bits per heavy atom. The molecular weight excluding hydrogens is 258 g/mol. The maximum atomic E-state index is 11.9. The summed E-state index contributed by atoms with van der Waals surface area (Å²) in [5, 5.41) is 3.98. The summed E-state index contributed by atoms with van der Waals surface area (Å²) < 4.78 is 1.19. The van der Waals surface area contributed by atoms with Gasteiger partial charge in [0.15, 0.2) is 0 Å². The Balaban J connectivity index is 1.56. The van der Waals surface area contributed by atoms with Crippen molar-refractivity contribution < 1.29 is 4.79 Å². The highest BCUT2D eigenvalue weighted by atomic mass is 32.1. The number of carbonyl (C=O) groups is 1. The number of para-hydroxylation sites is 1. The van der Waals surface area contributed by atoms with E-state index < -0.39 is 5.54 Å². The molecule has 1 aliphatic rings. The number of hydrogen-bond acceptors (Lipinski definition) is 4. The number of aromatic nitrogens is 1. The molecule has 1 saturated carbocycles. The molecule has 0 saturated heterocycles. The lowest BCUT2D eigenvalue weighted by atomic mass is 9.77. The molecule has 0 atom stereocenters. The minimum atomic E-state index is -0.604. The minimum absolute atomic E-state index is 0.0140. The van der Waals surface area contributed by atoms with Crippen LogP contribution in [0.15, 0.2) is 24.3 Å². The fraction of sp³-hybridized carbons (Fsp3) is 0.429. The summed E-state index contributed by atoms with van der Waals surface area (Å²) in [7, 11) is 0. The molecule has 3 N–H and O–H groups in total. The fourth-order valence-electron chi connectivity index (χ4n) is 2.27. The molecule has 0 bridgehead atoms. The lowest BCUT2D eigenvalue weighted by molar-refractivity contribution is -0.129. The number of hydrogen-bond donors (Lipinski definition) is 2. The molecule has 19 heavy (non-hydrogen) atoms. The van der Waals surface area contributed by atoms with E-state index in [2.05, 4.69) is 16.4 Å². The van der Waals surface area contributed by atoms with Gasteiger partial charge >= 0.3 is 0 Å². The van der Waals surface area contributed by atoms with Gasteiger partial charge in [0, 0.05) is 13.0 Å². The summed E-state index contributed by atoms with van der Waals surface area (Å²) in [6.45, 7) is 0.609. The van der Waals surface area contributed by atoms with Crippen molar-refractivity contribution in [3.05, 3.63) is 29.3 Å². The van der Waals surface area contributed by atoms with Crippen LogP contribution in [0.5, 0.6) is 0 Å². The van der Waals surface area contributed by atoms with Crippen LogP contribution >= 0.6 is 11.3 Å². The van der Waals surface area contributed by atoms with Crippen molar-refractivity contribution in [3.8, 4) is 0 Å². The number of nitrogens with one attached hydrogen (secondary N) is 1. The molecule has 0 aliphatic heterocycles. The minimum Gasteiger partial charge on any atom is -0.354 e. The largest absolute Gasteiger partial charge is 0.354 e. The Morgan fingerprint density at radius 1 is 1.42 bits per heavy atom. The van der Waals surface area contributed by atoms with Crippen molar-refractivity contribution in [2.24, 2.45) is 5.73 Å². The first-order chi connectivity index (χ1) is 9.17. The second-order valence-corrected chi connectivity index (χ2v) is 6.21. The van der Waals surface area contributed by atoms with Crippen molar-refractivity contribution >= 4 is 27.5 Å². The van der Waals surface area contributed by atoms with Gasteiger partial charge in [0.2, 0.25) is 5.91 Å². The van der Waals surface area contributed by atoms with E-state index >= 15 is 0 Å². The first-order valence-corrected chi connectivity index (χ1v) is 7.41. The molecule has 1 aromatic heterocycles. The molecule has 5 heteroatoms. The average Bonchev–Trinajstić information content (AvgIpc) is 2.78. The normalized spacial score (nSPS) is 17.1. The van der Waals surface area contributed by atoms with E-state index in [1.165, 1.54) is 4.70 Å². The summed E-state index contributed by atoms with van der Waals surface area (Å²) in [6.07, 6.45) is 3.43. The van der Waals surface area contributed by atoms with E-state index in [0.717, 1.165) is 36.2 Å². The van der Waals surface area contributed by atoms with Crippen LogP contribution in [0.1, 0.15) is 24.3 Å². The molecule has 100 valence electrons. The van der Waals surface area contributed by atoms with E-state index in [-0.39, 0.29) is 5.91 Å². The van der Waals surface area contributed by atoms with Gasteiger partial charge in [-0.05, 0) is 31.4 Å². The Labute approximate surface area is 116 Å². The summed E-state index contributed by atoms with van der Waals surface area (Å²) in [5.41, 5.74) is 6.39. The predicted molar refractivity (Wildman–Crippen MR) is 77.1 cm³/mol. The highest BCUT2D eigenvalue weighted by Crippen LogP contribution is 2.29. The standard InChI is InChI=1S/C14H17N3OS/c15-14(7-3-8-14)13(18)16-9-6-12-17-10-4-1-2-5-11(10)19-12/h1-2,4-5H,3,6-9,15H2,(H,16,18). The van der Waals surface area contributed by atoms with Crippen molar-refractivity contribution in [1.29, 1.82) is 0 Å². The fourth-order valence-corrected chi connectivity index (χ4v) is 3.24. The zero-order valence-electron chi connectivity index (χ0n) is 10.7. The lowest BCUT2D eigenvalue weighted by Crippen LogP contribution is -2.58. The van der Waals surface area contributed by atoms with E-state index in [9.17, 15) is 4.79 Å². The molecule has 4 nitrogen and oxygen atoms in total. The van der Waals surface area contributed by atoms with Crippen LogP contribution in [-0.4, -0.2) is 23.0 Å². The summed E-state index contributed by atoms with van der Waals surface area (Å²) in [6, 6.07) is 8.08. The number of benzene rings is 1. The first-order valence-electron chi connectivity index (χ1n) is 6.59. The highest BCUT2D eigenvalue weighted by molar-refractivity contribution is 7.18. The SMILES string of the molecule is NC1(C(=O)NCCc2nc3ccccc3s2)CCC1. The second-order valence-electron chi connectivity index (χ2n) is 5.09. The van der Waals surface area contributed by atoms with Crippen molar-refractivity contribution in [3.63, 3.8) is 0 Å². The zero-order chi connectivity index (χ0) is 13.3. The van der Waals surface area contributed by atoms with Crippen molar-refractivity contribution in [2.45, 2.75) is 31.2 Å². The predicted octanol–water partition coefficient (Wildman–Crippen LogP) is 1.84. The highest BCUT2D eigenvalue weighted by Gasteiger charge is 2.39. The number of fused-ring (bicyclic) bond motifs is 1. The molecule has 1 heterocycles. The molecule has 1 aliphatic carbocycles. The van der Waals surface area contributed by atoms with Crippen LogP contribution in [0.2, 0.25) is 0 Å². The number of thiazole rings is 1. The summed E-state index contributed by atoms with van der Waals surface area (Å²) in [5.74, 6) is -0.0140. The molecule has 1 aromatic carbocycles. The van der Waals surface area contributed by atoms with Gasteiger partial charge in [0.25, 0.3) is 0 Å². The maximum absolute atomic E-state index is 11.9. The number of carbonyl (C=O) groups excluding carboxylic acids is 1.